The normalized spacial score (nSPS) is 11.8. The summed E-state index contributed by atoms with van der Waals surface area (Å²) in [5.74, 6) is -1.79. The third kappa shape index (κ3) is 4.64. The predicted molar refractivity (Wildman–Crippen MR) is 81.1 cm³/mol. The highest BCUT2D eigenvalue weighted by atomic mass is 19.1. The van der Waals surface area contributed by atoms with Crippen LogP contribution in [0.5, 0.6) is 0 Å². The second kappa shape index (κ2) is 7.53. The molecular weight excluding hydrogens is 301 g/mol. The summed E-state index contributed by atoms with van der Waals surface area (Å²) in [6.07, 6.45) is 3.53. The van der Waals surface area contributed by atoms with Crippen LogP contribution in [0.25, 0.3) is 0 Å². The first-order chi connectivity index (χ1) is 11.0. The van der Waals surface area contributed by atoms with Crippen LogP contribution >= 0.6 is 0 Å². The summed E-state index contributed by atoms with van der Waals surface area (Å²) in [7, 11) is 3.04. The fourth-order valence-corrected chi connectivity index (χ4v) is 2.20. The van der Waals surface area contributed by atoms with E-state index < -0.39 is 17.7 Å². The zero-order valence-corrected chi connectivity index (χ0v) is 13.0. The van der Waals surface area contributed by atoms with Crippen molar-refractivity contribution < 1.29 is 18.7 Å². The molecule has 0 bridgehead atoms. The Balaban J connectivity index is 1.99. The summed E-state index contributed by atoms with van der Waals surface area (Å²) in [6.45, 7) is 0.0808. The summed E-state index contributed by atoms with van der Waals surface area (Å²) >= 11 is 0. The van der Waals surface area contributed by atoms with Gasteiger partial charge in [-0.3, -0.25) is 14.3 Å². The molecule has 1 amide bonds. The Kier molecular flexibility index (Phi) is 5.46. The summed E-state index contributed by atoms with van der Waals surface area (Å²) in [4.78, 5) is 23.9. The van der Waals surface area contributed by atoms with Gasteiger partial charge in [0.05, 0.1) is 25.6 Å². The number of aryl methyl sites for hydroxylation is 1. The molecule has 0 aliphatic rings. The van der Waals surface area contributed by atoms with Gasteiger partial charge in [-0.25, -0.2) is 4.39 Å². The zero-order valence-electron chi connectivity index (χ0n) is 13.0. The van der Waals surface area contributed by atoms with E-state index in [-0.39, 0.29) is 18.9 Å². The van der Waals surface area contributed by atoms with Crippen molar-refractivity contribution in [3.63, 3.8) is 0 Å². The van der Waals surface area contributed by atoms with Crippen LogP contribution in [0, 0.1) is 5.82 Å². The van der Waals surface area contributed by atoms with Crippen molar-refractivity contribution in [2.75, 3.05) is 13.7 Å². The lowest BCUT2D eigenvalue weighted by molar-refractivity contribution is -0.142. The molecule has 1 heterocycles. The Bertz CT molecular complexity index is 682. The van der Waals surface area contributed by atoms with Gasteiger partial charge in [0.15, 0.2) is 0 Å². The standard InChI is InChI=1S/C16H18FN3O3/c1-20-10-11(8-19-20)7-15(21)18-9-14(16(22)23-2)12-3-5-13(17)6-4-12/h3-6,8,10,14H,7,9H2,1-2H3,(H,18,21)/t14-/m1/s1. The number of hydrogen-bond donors (Lipinski definition) is 1. The number of methoxy groups -OCH3 is 1. The summed E-state index contributed by atoms with van der Waals surface area (Å²) in [6, 6.07) is 5.54. The van der Waals surface area contributed by atoms with Crippen LogP contribution in [-0.2, 0) is 27.8 Å². The van der Waals surface area contributed by atoms with E-state index in [1.165, 1.54) is 31.4 Å². The predicted octanol–water partition coefficient (Wildman–Crippen LogP) is 1.17. The highest BCUT2D eigenvalue weighted by molar-refractivity contribution is 5.81. The van der Waals surface area contributed by atoms with Crippen molar-refractivity contribution in [1.29, 1.82) is 0 Å². The molecule has 2 aromatic rings. The molecule has 7 heteroatoms. The zero-order chi connectivity index (χ0) is 16.8. The average molecular weight is 319 g/mol. The number of aromatic nitrogens is 2. The molecule has 0 aliphatic heterocycles. The Morgan fingerprint density at radius 1 is 1.35 bits per heavy atom. The van der Waals surface area contributed by atoms with Gasteiger partial charge in [0, 0.05) is 19.8 Å². The fourth-order valence-electron chi connectivity index (χ4n) is 2.20. The number of benzene rings is 1. The first kappa shape index (κ1) is 16.7. The molecule has 23 heavy (non-hydrogen) atoms. The van der Waals surface area contributed by atoms with Gasteiger partial charge in [-0.1, -0.05) is 12.1 Å². The van der Waals surface area contributed by atoms with Crippen LogP contribution in [0.3, 0.4) is 0 Å². The van der Waals surface area contributed by atoms with Crippen molar-refractivity contribution in [3.05, 3.63) is 53.6 Å². The second-order valence-electron chi connectivity index (χ2n) is 5.13. The smallest absolute Gasteiger partial charge is 0.314 e. The Morgan fingerprint density at radius 2 is 2.04 bits per heavy atom. The molecule has 0 radical (unpaired) electrons. The molecule has 122 valence electrons. The first-order valence-corrected chi connectivity index (χ1v) is 7.07. The molecule has 1 N–H and O–H groups in total. The molecule has 2 rings (SSSR count). The molecular formula is C16H18FN3O3. The number of esters is 1. The van der Waals surface area contributed by atoms with Crippen LogP contribution in [0.15, 0.2) is 36.7 Å². The lowest BCUT2D eigenvalue weighted by atomic mass is 9.99. The Labute approximate surface area is 133 Å². The molecule has 0 fully saturated rings. The second-order valence-corrected chi connectivity index (χ2v) is 5.13. The molecule has 1 atom stereocenters. The summed E-state index contributed by atoms with van der Waals surface area (Å²) < 4.78 is 19.4. The molecule has 6 nitrogen and oxygen atoms in total. The average Bonchev–Trinajstić information content (AvgIpc) is 2.93. The van der Waals surface area contributed by atoms with Crippen molar-refractivity contribution >= 4 is 11.9 Å². The maximum absolute atomic E-state index is 13.0. The Hall–Kier alpha value is -2.70. The van der Waals surface area contributed by atoms with E-state index in [1.54, 1.807) is 24.1 Å². The van der Waals surface area contributed by atoms with E-state index in [4.69, 9.17) is 4.74 Å². The van der Waals surface area contributed by atoms with Gasteiger partial charge < -0.3 is 10.1 Å². The number of carbonyl (C=O) groups excluding carboxylic acids is 2. The van der Waals surface area contributed by atoms with Crippen molar-refractivity contribution in [2.45, 2.75) is 12.3 Å². The van der Waals surface area contributed by atoms with Crippen molar-refractivity contribution in [1.82, 2.24) is 15.1 Å². The van der Waals surface area contributed by atoms with E-state index in [2.05, 4.69) is 10.4 Å². The quantitative estimate of drug-likeness (QED) is 0.811. The first-order valence-electron chi connectivity index (χ1n) is 7.07. The maximum Gasteiger partial charge on any atom is 0.314 e. The van der Waals surface area contributed by atoms with E-state index in [1.807, 2.05) is 0 Å². The van der Waals surface area contributed by atoms with Gasteiger partial charge in [0.2, 0.25) is 5.91 Å². The number of nitrogens with zero attached hydrogens (tertiary/aromatic N) is 2. The molecule has 0 spiro atoms. The van der Waals surface area contributed by atoms with E-state index in [9.17, 15) is 14.0 Å². The van der Waals surface area contributed by atoms with Crippen LogP contribution in [0.1, 0.15) is 17.0 Å². The topological polar surface area (TPSA) is 73.2 Å². The van der Waals surface area contributed by atoms with E-state index in [0.717, 1.165) is 5.56 Å². The molecule has 0 saturated carbocycles. The Morgan fingerprint density at radius 3 is 2.61 bits per heavy atom. The summed E-state index contributed by atoms with van der Waals surface area (Å²) in [5, 5.41) is 6.69. The highest BCUT2D eigenvalue weighted by Crippen LogP contribution is 2.17. The monoisotopic (exact) mass is 319 g/mol. The molecule has 0 aliphatic carbocycles. The third-order valence-electron chi connectivity index (χ3n) is 3.38. The number of hydrogen-bond acceptors (Lipinski definition) is 4. The lowest BCUT2D eigenvalue weighted by Crippen LogP contribution is -2.33. The largest absolute Gasteiger partial charge is 0.468 e. The minimum Gasteiger partial charge on any atom is -0.468 e. The van der Waals surface area contributed by atoms with E-state index >= 15 is 0 Å². The molecule has 0 unspecified atom stereocenters. The van der Waals surface area contributed by atoms with E-state index in [0.29, 0.717) is 5.56 Å². The SMILES string of the molecule is COC(=O)[C@H](CNC(=O)Cc1cnn(C)c1)c1ccc(F)cc1. The minimum atomic E-state index is -0.682. The van der Waals surface area contributed by atoms with Crippen LogP contribution in [-0.4, -0.2) is 35.3 Å². The molecule has 1 aromatic heterocycles. The van der Waals surface area contributed by atoms with Gasteiger partial charge in [0.1, 0.15) is 5.82 Å². The lowest BCUT2D eigenvalue weighted by Gasteiger charge is -2.15. The fraction of sp³-hybridized carbons (Fsp3) is 0.312. The van der Waals surface area contributed by atoms with Crippen LogP contribution < -0.4 is 5.32 Å². The number of amides is 1. The summed E-state index contributed by atoms with van der Waals surface area (Å²) in [5.41, 5.74) is 1.36. The highest BCUT2D eigenvalue weighted by Gasteiger charge is 2.22. The molecule has 0 saturated heterocycles. The number of ether oxygens (including phenoxy) is 1. The third-order valence-corrected chi connectivity index (χ3v) is 3.38. The van der Waals surface area contributed by atoms with Gasteiger partial charge in [-0.15, -0.1) is 0 Å². The number of halogens is 1. The van der Waals surface area contributed by atoms with Gasteiger partial charge >= 0.3 is 5.97 Å². The van der Waals surface area contributed by atoms with Gasteiger partial charge in [0.25, 0.3) is 0 Å². The maximum atomic E-state index is 13.0. The van der Waals surface area contributed by atoms with Crippen LogP contribution in [0.4, 0.5) is 4.39 Å². The minimum absolute atomic E-state index is 0.0808. The number of carbonyl (C=O) groups is 2. The van der Waals surface area contributed by atoms with Crippen LogP contribution in [0.2, 0.25) is 0 Å². The van der Waals surface area contributed by atoms with Crippen molar-refractivity contribution in [2.24, 2.45) is 7.05 Å². The van der Waals surface area contributed by atoms with Crippen molar-refractivity contribution in [3.8, 4) is 0 Å². The number of nitrogens with one attached hydrogen (secondary N) is 1. The van der Waals surface area contributed by atoms with Gasteiger partial charge in [-0.2, -0.15) is 5.10 Å². The molecule has 1 aromatic carbocycles. The number of rotatable bonds is 6. The van der Waals surface area contributed by atoms with Gasteiger partial charge in [-0.05, 0) is 23.3 Å².